The van der Waals surface area contributed by atoms with Gasteiger partial charge >= 0.3 is 0 Å². The van der Waals surface area contributed by atoms with Gasteiger partial charge in [0, 0.05) is 33.5 Å². The zero-order chi connectivity index (χ0) is 32.5. The van der Waals surface area contributed by atoms with Crippen molar-refractivity contribution in [2.45, 2.75) is 5.92 Å². The van der Waals surface area contributed by atoms with E-state index in [4.69, 9.17) is 10.5 Å². The summed E-state index contributed by atoms with van der Waals surface area (Å²) < 4.78 is 7.21. The van der Waals surface area contributed by atoms with Crippen LogP contribution in [0.3, 0.4) is 0 Å². The van der Waals surface area contributed by atoms with Crippen molar-refractivity contribution in [2.75, 3.05) is 5.73 Å². The molecular formula is C47H31NO. The predicted molar refractivity (Wildman–Crippen MR) is 206 cm³/mol. The number of benzene rings is 9. The van der Waals surface area contributed by atoms with E-state index in [9.17, 15) is 0 Å². The Hall–Kier alpha value is -6.38. The van der Waals surface area contributed by atoms with Crippen LogP contribution in [0, 0.1) is 0 Å². The van der Waals surface area contributed by atoms with Crippen LogP contribution in [-0.4, -0.2) is 0 Å². The van der Waals surface area contributed by atoms with Crippen LogP contribution >= 0.6 is 0 Å². The van der Waals surface area contributed by atoms with Crippen molar-refractivity contribution >= 4 is 48.8 Å². The Kier molecular flexibility index (Phi) is 6.13. The number of hydrogen-bond donors (Lipinski definition) is 1. The highest BCUT2D eigenvalue weighted by Crippen LogP contribution is 2.57. The van der Waals surface area contributed by atoms with Gasteiger partial charge in [-0.1, -0.05) is 158 Å². The van der Waals surface area contributed by atoms with Crippen LogP contribution in [0.2, 0.25) is 0 Å². The Morgan fingerprint density at radius 2 is 0.633 bits per heavy atom. The zero-order valence-electron chi connectivity index (χ0n) is 26.7. The second-order valence-electron chi connectivity index (χ2n) is 13.0. The summed E-state index contributed by atoms with van der Waals surface area (Å²) in [5, 5.41) is 9.65. The van der Waals surface area contributed by atoms with E-state index >= 15 is 0 Å². The zero-order valence-corrected chi connectivity index (χ0v) is 26.7. The van der Waals surface area contributed by atoms with Gasteiger partial charge in [-0.3, -0.25) is 0 Å². The summed E-state index contributed by atoms with van der Waals surface area (Å²) in [6.45, 7) is 0. The van der Waals surface area contributed by atoms with Gasteiger partial charge in [0.05, 0.1) is 0 Å². The number of nitrogens with two attached hydrogens (primary N) is 1. The molecule has 0 atom stereocenters. The first-order chi connectivity index (χ1) is 24.2. The first kappa shape index (κ1) is 27.7. The first-order valence-electron chi connectivity index (χ1n) is 16.8. The van der Waals surface area contributed by atoms with Gasteiger partial charge in [0.2, 0.25) is 0 Å². The Bertz CT molecular complexity index is 2600. The molecule has 0 amide bonds. The van der Waals surface area contributed by atoms with Gasteiger partial charge in [-0.15, -0.1) is 0 Å². The number of hydrogen-bond acceptors (Lipinski definition) is 2. The minimum absolute atomic E-state index is 0.0373. The minimum atomic E-state index is -0.0373. The van der Waals surface area contributed by atoms with Crippen LogP contribution in [0.5, 0.6) is 11.5 Å². The second kappa shape index (κ2) is 10.8. The van der Waals surface area contributed by atoms with Crippen molar-refractivity contribution in [2.24, 2.45) is 0 Å². The highest BCUT2D eigenvalue weighted by molar-refractivity contribution is 6.17. The Morgan fingerprint density at radius 3 is 1.04 bits per heavy atom. The van der Waals surface area contributed by atoms with Crippen molar-refractivity contribution in [3.05, 3.63) is 187 Å². The average Bonchev–Trinajstić information content (AvgIpc) is 3.18. The van der Waals surface area contributed by atoms with Crippen LogP contribution in [0.4, 0.5) is 5.69 Å². The third-order valence-electron chi connectivity index (χ3n) is 10.3. The molecule has 0 radical (unpaired) electrons. The molecule has 2 heteroatoms. The molecule has 1 heterocycles. The quantitative estimate of drug-likeness (QED) is 0.157. The van der Waals surface area contributed by atoms with Gasteiger partial charge in [0.15, 0.2) is 0 Å². The summed E-state index contributed by atoms with van der Waals surface area (Å²) in [4.78, 5) is 0. The second-order valence-corrected chi connectivity index (χ2v) is 13.0. The smallest absolute Gasteiger partial charge is 0.140 e. The maximum atomic E-state index is 7.21. The van der Waals surface area contributed by atoms with Crippen molar-refractivity contribution in [3.63, 3.8) is 0 Å². The molecule has 230 valence electrons. The summed E-state index contributed by atoms with van der Waals surface area (Å²) in [6, 6.07) is 61.0. The van der Waals surface area contributed by atoms with Gasteiger partial charge in [-0.25, -0.2) is 0 Å². The molecule has 0 unspecified atom stereocenters. The summed E-state index contributed by atoms with van der Waals surface area (Å²) in [6.07, 6.45) is 0. The highest BCUT2D eigenvalue weighted by atomic mass is 16.5. The van der Waals surface area contributed by atoms with Crippen LogP contribution in [0.1, 0.15) is 22.6 Å². The molecule has 49 heavy (non-hydrogen) atoms. The van der Waals surface area contributed by atoms with E-state index in [2.05, 4.69) is 158 Å². The van der Waals surface area contributed by atoms with Crippen molar-refractivity contribution in [1.82, 2.24) is 0 Å². The van der Waals surface area contributed by atoms with Gasteiger partial charge in [-0.05, 0) is 72.3 Å². The molecule has 0 bridgehead atoms. The third-order valence-corrected chi connectivity index (χ3v) is 10.3. The van der Waals surface area contributed by atoms with E-state index < -0.39 is 0 Å². The van der Waals surface area contributed by atoms with Gasteiger partial charge in [0.1, 0.15) is 11.5 Å². The van der Waals surface area contributed by atoms with Crippen molar-refractivity contribution < 1.29 is 4.74 Å². The van der Waals surface area contributed by atoms with Crippen molar-refractivity contribution in [3.8, 4) is 33.8 Å². The van der Waals surface area contributed by atoms with E-state index in [-0.39, 0.29) is 5.92 Å². The molecule has 2 N–H and O–H groups in total. The highest BCUT2D eigenvalue weighted by Gasteiger charge is 2.35. The lowest BCUT2D eigenvalue weighted by Gasteiger charge is -2.33. The summed E-state index contributed by atoms with van der Waals surface area (Å²) >= 11 is 0. The number of ether oxygens (including phenoxy) is 1. The SMILES string of the molecule is Nc1ccc(-c2ccc(-c3ccc(C4c5c(c6ccccc6c6ccccc56)Oc5c4c4ccccc4c4ccccc54)cc3)cc2)cc1. The fraction of sp³-hybridized carbons (Fsp3) is 0.0213. The molecule has 0 saturated carbocycles. The molecule has 9 aromatic carbocycles. The third kappa shape index (κ3) is 4.28. The Morgan fingerprint density at radius 1 is 0.327 bits per heavy atom. The number of nitrogen functional groups attached to an aromatic ring is 1. The maximum absolute atomic E-state index is 7.21. The summed E-state index contributed by atoms with van der Waals surface area (Å²) in [7, 11) is 0. The normalized spacial score (nSPS) is 12.7. The monoisotopic (exact) mass is 625 g/mol. The van der Waals surface area contributed by atoms with Gasteiger partial charge in [-0.2, -0.15) is 0 Å². The van der Waals surface area contributed by atoms with E-state index in [1.54, 1.807) is 0 Å². The van der Waals surface area contributed by atoms with E-state index in [0.717, 1.165) is 33.5 Å². The molecule has 1 aliphatic heterocycles. The van der Waals surface area contributed by atoms with Crippen LogP contribution in [0.15, 0.2) is 170 Å². The topological polar surface area (TPSA) is 35.2 Å². The molecule has 9 aromatic rings. The molecule has 0 aliphatic carbocycles. The van der Waals surface area contributed by atoms with Gasteiger partial charge < -0.3 is 10.5 Å². The Labute approximate surface area is 284 Å². The summed E-state index contributed by atoms with van der Waals surface area (Å²) in [5.74, 6) is 1.87. The molecule has 0 fully saturated rings. The lowest BCUT2D eigenvalue weighted by molar-refractivity contribution is 0.467. The van der Waals surface area contributed by atoms with Crippen LogP contribution < -0.4 is 10.5 Å². The molecule has 10 rings (SSSR count). The van der Waals surface area contributed by atoms with E-state index in [1.165, 1.54) is 65.7 Å². The van der Waals surface area contributed by atoms with Gasteiger partial charge in [0.25, 0.3) is 0 Å². The van der Waals surface area contributed by atoms with Crippen molar-refractivity contribution in [1.29, 1.82) is 0 Å². The van der Waals surface area contributed by atoms with Crippen LogP contribution in [0.25, 0.3) is 65.3 Å². The molecule has 1 aliphatic rings. The first-order valence-corrected chi connectivity index (χ1v) is 16.8. The number of fused-ring (bicyclic) bond motifs is 12. The average molecular weight is 626 g/mol. The summed E-state index contributed by atoms with van der Waals surface area (Å²) in [5.41, 5.74) is 15.1. The maximum Gasteiger partial charge on any atom is 0.140 e. The minimum Gasteiger partial charge on any atom is -0.455 e. The van der Waals surface area contributed by atoms with E-state index in [1.807, 2.05) is 12.1 Å². The fourth-order valence-electron chi connectivity index (χ4n) is 8.04. The fourth-order valence-corrected chi connectivity index (χ4v) is 8.04. The molecule has 0 aromatic heterocycles. The molecular weight excluding hydrogens is 595 g/mol. The largest absolute Gasteiger partial charge is 0.455 e. The standard InChI is InChI=1S/C47H31NO/c48-34-27-25-32(26-28-34)30-19-17-29(18-20-30)31-21-23-33(24-22-31)43-44-39-13-5-1-9-35(39)37-11-3-7-15-41(37)46(44)49-47-42-16-8-4-12-38(42)36-10-2-6-14-40(36)45(43)47/h1-28,43H,48H2. The molecule has 0 spiro atoms. The number of rotatable bonds is 3. The number of anilines is 1. The van der Waals surface area contributed by atoms with Crippen LogP contribution in [-0.2, 0) is 0 Å². The van der Waals surface area contributed by atoms with E-state index in [0.29, 0.717) is 0 Å². The molecule has 2 nitrogen and oxygen atoms in total. The molecule has 0 saturated heterocycles. The Balaban J connectivity index is 1.21. The lowest BCUT2D eigenvalue weighted by atomic mass is 9.76. The lowest BCUT2D eigenvalue weighted by Crippen LogP contribution is -2.14. The predicted octanol–water partition coefficient (Wildman–Crippen LogP) is 12.5.